The summed E-state index contributed by atoms with van der Waals surface area (Å²) >= 11 is 0. The van der Waals surface area contributed by atoms with Gasteiger partial charge in [-0.05, 0) is 0 Å². The quantitative estimate of drug-likeness (QED) is 0.366. The van der Waals surface area contributed by atoms with Crippen molar-refractivity contribution in [2.75, 3.05) is 52.9 Å². The number of hydrogen-bond acceptors (Lipinski definition) is 6. The molecule has 0 aliphatic rings. The maximum Gasteiger partial charge on any atom is 0.101 e. The first kappa shape index (κ1) is 14.8. The molecular weight excluding hydrogens is 204 g/mol. The van der Waals surface area contributed by atoms with Crippen LogP contribution in [0.5, 0.6) is 0 Å². The van der Waals surface area contributed by atoms with E-state index in [-0.39, 0.29) is 33.0 Å². The SMILES string of the molecule is OCCOCCOCC(O)COCCO. The molecule has 0 saturated heterocycles. The minimum atomic E-state index is -0.686. The Kier molecular flexibility index (Phi) is 11.6. The lowest BCUT2D eigenvalue weighted by atomic mass is 10.4. The van der Waals surface area contributed by atoms with Gasteiger partial charge in [0.1, 0.15) is 6.10 Å². The lowest BCUT2D eigenvalue weighted by Gasteiger charge is -2.11. The first-order chi connectivity index (χ1) is 7.31. The Morgan fingerprint density at radius 1 is 0.733 bits per heavy atom. The van der Waals surface area contributed by atoms with Gasteiger partial charge in [-0.3, -0.25) is 0 Å². The number of aliphatic hydroxyl groups is 3. The Bertz CT molecular complexity index is 121. The first-order valence-corrected chi connectivity index (χ1v) is 4.94. The molecule has 0 radical (unpaired) electrons. The standard InChI is InChI=1S/C9H20O6/c10-1-3-13-5-6-15-8-9(12)7-14-4-2-11/h9-12H,1-8H2. The maximum absolute atomic E-state index is 9.27. The molecule has 15 heavy (non-hydrogen) atoms. The first-order valence-electron chi connectivity index (χ1n) is 4.94. The van der Waals surface area contributed by atoms with Gasteiger partial charge in [-0.2, -0.15) is 0 Å². The van der Waals surface area contributed by atoms with Gasteiger partial charge in [0.25, 0.3) is 0 Å². The molecule has 0 rings (SSSR count). The number of aliphatic hydroxyl groups excluding tert-OH is 3. The lowest BCUT2D eigenvalue weighted by Crippen LogP contribution is -2.23. The molecular formula is C9H20O6. The van der Waals surface area contributed by atoms with Crippen molar-refractivity contribution < 1.29 is 29.5 Å². The summed E-state index contributed by atoms with van der Waals surface area (Å²) in [6, 6.07) is 0. The van der Waals surface area contributed by atoms with E-state index in [2.05, 4.69) is 0 Å². The van der Waals surface area contributed by atoms with Crippen molar-refractivity contribution in [2.45, 2.75) is 6.10 Å². The fourth-order valence-electron chi connectivity index (χ4n) is 0.836. The smallest absolute Gasteiger partial charge is 0.101 e. The second-order valence-electron chi connectivity index (χ2n) is 2.86. The monoisotopic (exact) mass is 224 g/mol. The van der Waals surface area contributed by atoms with Crippen molar-refractivity contribution >= 4 is 0 Å². The van der Waals surface area contributed by atoms with Gasteiger partial charge in [0, 0.05) is 0 Å². The highest BCUT2D eigenvalue weighted by molar-refractivity contribution is 4.50. The zero-order valence-corrected chi connectivity index (χ0v) is 8.80. The lowest BCUT2D eigenvalue weighted by molar-refractivity contribution is -0.0381. The van der Waals surface area contributed by atoms with E-state index in [4.69, 9.17) is 24.4 Å². The molecule has 0 saturated carbocycles. The molecule has 0 aromatic rings. The van der Waals surface area contributed by atoms with Gasteiger partial charge in [0.15, 0.2) is 0 Å². The Morgan fingerprint density at radius 3 is 1.80 bits per heavy atom. The molecule has 0 fully saturated rings. The van der Waals surface area contributed by atoms with Gasteiger partial charge < -0.3 is 29.5 Å². The highest BCUT2D eigenvalue weighted by Crippen LogP contribution is 1.88. The van der Waals surface area contributed by atoms with E-state index in [0.29, 0.717) is 19.8 Å². The van der Waals surface area contributed by atoms with Crippen LogP contribution in [0.1, 0.15) is 0 Å². The summed E-state index contributed by atoms with van der Waals surface area (Å²) in [6.45, 7) is 1.55. The molecule has 3 N–H and O–H groups in total. The Morgan fingerprint density at radius 2 is 1.20 bits per heavy atom. The fourth-order valence-corrected chi connectivity index (χ4v) is 0.836. The summed E-state index contributed by atoms with van der Waals surface area (Å²) in [5, 5.41) is 26.1. The Balaban J connectivity index is 3.06. The molecule has 0 aliphatic carbocycles. The van der Waals surface area contributed by atoms with E-state index in [0.717, 1.165) is 0 Å². The van der Waals surface area contributed by atoms with Gasteiger partial charge in [0.2, 0.25) is 0 Å². The van der Waals surface area contributed by atoms with Crippen LogP contribution >= 0.6 is 0 Å². The van der Waals surface area contributed by atoms with Crippen LogP contribution in [0.25, 0.3) is 0 Å². The molecule has 0 amide bonds. The van der Waals surface area contributed by atoms with E-state index in [9.17, 15) is 5.11 Å². The minimum absolute atomic E-state index is 0.00236. The fraction of sp³-hybridized carbons (Fsp3) is 1.00. The van der Waals surface area contributed by atoms with Crippen LogP contribution in [-0.4, -0.2) is 74.3 Å². The maximum atomic E-state index is 9.27. The van der Waals surface area contributed by atoms with Crippen LogP contribution in [0.4, 0.5) is 0 Å². The highest BCUT2D eigenvalue weighted by atomic mass is 16.5. The third-order valence-electron chi connectivity index (χ3n) is 1.46. The molecule has 92 valence electrons. The minimum Gasteiger partial charge on any atom is -0.394 e. The van der Waals surface area contributed by atoms with Crippen molar-refractivity contribution in [2.24, 2.45) is 0 Å². The zero-order valence-electron chi connectivity index (χ0n) is 8.80. The van der Waals surface area contributed by atoms with Crippen LogP contribution in [0.3, 0.4) is 0 Å². The predicted molar refractivity (Wildman–Crippen MR) is 52.6 cm³/mol. The normalized spacial score (nSPS) is 13.0. The van der Waals surface area contributed by atoms with Gasteiger partial charge in [0.05, 0.1) is 52.9 Å². The summed E-state index contributed by atoms with van der Waals surface area (Å²) < 4.78 is 14.9. The average Bonchev–Trinajstić information content (AvgIpc) is 2.23. The molecule has 1 unspecified atom stereocenters. The second-order valence-corrected chi connectivity index (χ2v) is 2.86. The highest BCUT2D eigenvalue weighted by Gasteiger charge is 2.03. The molecule has 0 aromatic carbocycles. The summed E-state index contributed by atoms with van der Waals surface area (Å²) in [5.41, 5.74) is 0. The summed E-state index contributed by atoms with van der Waals surface area (Å²) in [7, 11) is 0. The molecule has 1 atom stereocenters. The molecule has 0 heterocycles. The summed E-state index contributed by atoms with van der Waals surface area (Å²) in [4.78, 5) is 0. The zero-order chi connectivity index (χ0) is 11.4. The van der Waals surface area contributed by atoms with Crippen LogP contribution in [0.2, 0.25) is 0 Å². The van der Waals surface area contributed by atoms with E-state index in [1.165, 1.54) is 0 Å². The number of rotatable bonds is 11. The predicted octanol–water partition coefficient (Wildman–Crippen LogP) is -1.62. The third kappa shape index (κ3) is 11.7. The number of hydrogen-bond donors (Lipinski definition) is 3. The van der Waals surface area contributed by atoms with Gasteiger partial charge >= 0.3 is 0 Å². The Labute approximate surface area is 89.4 Å². The van der Waals surface area contributed by atoms with Crippen molar-refractivity contribution in [3.8, 4) is 0 Å². The van der Waals surface area contributed by atoms with Crippen LogP contribution < -0.4 is 0 Å². The third-order valence-corrected chi connectivity index (χ3v) is 1.46. The molecule has 0 aromatic heterocycles. The molecule has 0 spiro atoms. The van der Waals surface area contributed by atoms with Crippen molar-refractivity contribution in [3.63, 3.8) is 0 Å². The molecule has 6 nitrogen and oxygen atoms in total. The van der Waals surface area contributed by atoms with Crippen molar-refractivity contribution in [1.82, 2.24) is 0 Å². The van der Waals surface area contributed by atoms with Gasteiger partial charge in [-0.25, -0.2) is 0 Å². The molecule has 0 bridgehead atoms. The number of ether oxygens (including phenoxy) is 3. The van der Waals surface area contributed by atoms with Crippen LogP contribution in [0.15, 0.2) is 0 Å². The summed E-state index contributed by atoms with van der Waals surface area (Å²) in [6.07, 6.45) is -0.686. The van der Waals surface area contributed by atoms with Gasteiger partial charge in [-0.15, -0.1) is 0 Å². The van der Waals surface area contributed by atoms with E-state index < -0.39 is 6.10 Å². The topological polar surface area (TPSA) is 88.4 Å². The molecule has 0 aliphatic heterocycles. The molecule has 6 heteroatoms. The van der Waals surface area contributed by atoms with Crippen LogP contribution in [-0.2, 0) is 14.2 Å². The average molecular weight is 224 g/mol. The van der Waals surface area contributed by atoms with Gasteiger partial charge in [-0.1, -0.05) is 0 Å². The largest absolute Gasteiger partial charge is 0.394 e. The van der Waals surface area contributed by atoms with E-state index in [1.54, 1.807) is 0 Å². The van der Waals surface area contributed by atoms with Crippen LogP contribution in [0, 0.1) is 0 Å². The van der Waals surface area contributed by atoms with E-state index in [1.807, 2.05) is 0 Å². The van der Waals surface area contributed by atoms with Crippen molar-refractivity contribution in [3.05, 3.63) is 0 Å². The Hall–Kier alpha value is -0.240. The summed E-state index contributed by atoms with van der Waals surface area (Å²) in [5.74, 6) is 0. The van der Waals surface area contributed by atoms with Crippen molar-refractivity contribution in [1.29, 1.82) is 0 Å². The second kappa shape index (κ2) is 11.8. The van der Waals surface area contributed by atoms with E-state index >= 15 is 0 Å².